The van der Waals surface area contributed by atoms with Gasteiger partial charge in [0.05, 0.1) is 12.7 Å². The van der Waals surface area contributed by atoms with Crippen LogP contribution >= 0.6 is 0 Å². The van der Waals surface area contributed by atoms with Gasteiger partial charge in [-0.15, -0.1) is 0 Å². The largest absolute Gasteiger partial charge is 0.471 e. The number of anilines is 1. The molecule has 3 aromatic rings. The Morgan fingerprint density at radius 3 is 2.52 bits per heavy atom. The van der Waals surface area contributed by atoms with Crippen LogP contribution in [0.25, 0.3) is 11.4 Å². The van der Waals surface area contributed by atoms with E-state index >= 15 is 0 Å². The molecule has 152 valence electrons. The number of carbonyl (C=O) groups excluding carboxylic acids is 1. The van der Waals surface area contributed by atoms with Crippen molar-refractivity contribution in [1.29, 1.82) is 0 Å². The molecule has 2 heterocycles. The van der Waals surface area contributed by atoms with Gasteiger partial charge in [0, 0.05) is 24.5 Å². The van der Waals surface area contributed by atoms with E-state index in [9.17, 15) is 22.4 Å². The highest BCUT2D eigenvalue weighted by atomic mass is 19.4. The molecule has 12 heteroatoms. The van der Waals surface area contributed by atoms with Crippen molar-refractivity contribution < 1.29 is 31.6 Å². The van der Waals surface area contributed by atoms with Crippen LogP contribution in [0, 0.1) is 5.82 Å². The van der Waals surface area contributed by atoms with E-state index in [-0.39, 0.29) is 29.4 Å². The summed E-state index contributed by atoms with van der Waals surface area (Å²) in [6.45, 7) is -0.0760. The highest BCUT2D eigenvalue weighted by Crippen LogP contribution is 2.29. The first-order valence-corrected chi connectivity index (χ1v) is 8.09. The first-order valence-electron chi connectivity index (χ1n) is 8.09. The number of nitrogens with zero attached hydrogens (tertiary/aromatic N) is 4. The molecule has 0 aliphatic rings. The maximum atomic E-state index is 14.0. The van der Waals surface area contributed by atoms with Gasteiger partial charge in [-0.3, -0.25) is 4.79 Å². The van der Waals surface area contributed by atoms with Gasteiger partial charge in [-0.1, -0.05) is 23.4 Å². The van der Waals surface area contributed by atoms with Gasteiger partial charge in [0.15, 0.2) is 0 Å². The number of benzene rings is 1. The van der Waals surface area contributed by atoms with Crippen molar-refractivity contribution in [3.8, 4) is 11.4 Å². The van der Waals surface area contributed by atoms with Gasteiger partial charge in [-0.05, 0) is 6.07 Å². The molecule has 3 rings (SSSR count). The molecule has 0 radical (unpaired) electrons. The molecule has 0 bridgehead atoms. The summed E-state index contributed by atoms with van der Waals surface area (Å²) in [5.74, 6) is -3.96. The first-order chi connectivity index (χ1) is 13.8. The normalized spacial score (nSPS) is 12.4. The van der Waals surface area contributed by atoms with Gasteiger partial charge in [0.1, 0.15) is 11.7 Å². The number of esters is 1. The zero-order chi connectivity index (χ0) is 21.0. The number of aromatic nitrogens is 4. The Kier molecular flexibility index (Phi) is 5.71. The molecule has 8 nitrogen and oxygen atoms in total. The summed E-state index contributed by atoms with van der Waals surface area (Å²) in [5.41, 5.74) is 0.225. The average molecular weight is 411 g/mol. The first kappa shape index (κ1) is 20.2. The molecule has 2 aromatic heterocycles. The van der Waals surface area contributed by atoms with Crippen LogP contribution in [-0.2, 0) is 15.7 Å². The third-order valence-corrected chi connectivity index (χ3v) is 3.81. The quantitative estimate of drug-likeness (QED) is 0.488. The number of carbonyl (C=O) groups is 1. The Hall–Kier alpha value is -3.57. The molecule has 0 aliphatic heterocycles. The molecule has 1 aromatic carbocycles. The Balaban J connectivity index is 1.72. The molecule has 1 N–H and O–H groups in total. The van der Waals surface area contributed by atoms with E-state index in [1.807, 2.05) is 0 Å². The topological polar surface area (TPSA) is 103 Å². The lowest BCUT2D eigenvalue weighted by Gasteiger charge is -2.16. The van der Waals surface area contributed by atoms with Crippen LogP contribution in [0.3, 0.4) is 0 Å². The van der Waals surface area contributed by atoms with Crippen molar-refractivity contribution in [1.82, 2.24) is 20.1 Å². The molecule has 0 saturated carbocycles. The van der Waals surface area contributed by atoms with E-state index in [4.69, 9.17) is 4.74 Å². The molecular formula is C17H13F4N5O3. The second-order valence-electron chi connectivity index (χ2n) is 5.69. The van der Waals surface area contributed by atoms with Crippen LogP contribution in [0.1, 0.15) is 17.4 Å². The molecule has 0 spiro atoms. The number of ether oxygens (including phenoxy) is 1. The molecule has 0 aliphatic carbocycles. The van der Waals surface area contributed by atoms with Crippen LogP contribution in [0.2, 0.25) is 0 Å². The standard InChI is InChI=1S/C17H13F4N5O3/c1-28-14(27)11(10-4-2-3-5-12(10)18)8-24-16-22-6-9(7-23-16)13-25-15(29-26-13)17(19,20)21/h2-7,11H,8H2,1H3,(H,22,23,24). The third-order valence-electron chi connectivity index (χ3n) is 3.81. The van der Waals surface area contributed by atoms with Gasteiger partial charge in [-0.2, -0.15) is 18.2 Å². The highest BCUT2D eigenvalue weighted by Gasteiger charge is 2.38. The number of methoxy groups -OCH3 is 1. The van der Waals surface area contributed by atoms with Crippen molar-refractivity contribution in [2.75, 3.05) is 19.0 Å². The van der Waals surface area contributed by atoms with Crippen molar-refractivity contribution in [2.45, 2.75) is 12.1 Å². The minimum atomic E-state index is -4.76. The van der Waals surface area contributed by atoms with Crippen LogP contribution in [0.4, 0.5) is 23.5 Å². The Labute approximate surface area is 160 Å². The number of halogens is 4. The molecular weight excluding hydrogens is 398 g/mol. The van der Waals surface area contributed by atoms with Crippen LogP contribution in [-0.4, -0.2) is 39.7 Å². The van der Waals surface area contributed by atoms with Gasteiger partial charge in [-0.25, -0.2) is 14.4 Å². The minimum Gasteiger partial charge on any atom is -0.468 e. The smallest absolute Gasteiger partial charge is 0.468 e. The maximum absolute atomic E-state index is 14.0. The van der Waals surface area contributed by atoms with E-state index < -0.39 is 29.8 Å². The lowest BCUT2D eigenvalue weighted by atomic mass is 9.98. The zero-order valence-electron chi connectivity index (χ0n) is 14.8. The maximum Gasteiger partial charge on any atom is 0.471 e. The van der Waals surface area contributed by atoms with Gasteiger partial charge < -0.3 is 14.6 Å². The van der Waals surface area contributed by atoms with Gasteiger partial charge in [0.25, 0.3) is 0 Å². The predicted octanol–water partition coefficient (Wildman–Crippen LogP) is 3.05. The molecule has 0 fully saturated rings. The zero-order valence-corrected chi connectivity index (χ0v) is 14.8. The van der Waals surface area contributed by atoms with Crippen molar-refractivity contribution >= 4 is 11.9 Å². The number of nitrogens with one attached hydrogen (secondary N) is 1. The molecule has 0 amide bonds. The van der Waals surface area contributed by atoms with Crippen molar-refractivity contribution in [3.63, 3.8) is 0 Å². The fourth-order valence-corrected chi connectivity index (χ4v) is 2.40. The van der Waals surface area contributed by atoms with E-state index in [1.165, 1.54) is 37.7 Å². The number of hydrogen-bond acceptors (Lipinski definition) is 8. The Morgan fingerprint density at radius 1 is 1.24 bits per heavy atom. The SMILES string of the molecule is COC(=O)C(CNc1ncc(-c2noc(C(F)(F)F)n2)cn1)c1ccccc1F. The van der Waals surface area contributed by atoms with E-state index in [0.29, 0.717) is 0 Å². The fraction of sp³-hybridized carbons (Fsp3) is 0.235. The van der Waals surface area contributed by atoms with E-state index in [0.717, 1.165) is 0 Å². The van der Waals surface area contributed by atoms with Crippen LogP contribution < -0.4 is 5.32 Å². The molecule has 29 heavy (non-hydrogen) atoms. The highest BCUT2D eigenvalue weighted by molar-refractivity contribution is 5.78. The van der Waals surface area contributed by atoms with Crippen LogP contribution in [0.15, 0.2) is 41.2 Å². The van der Waals surface area contributed by atoms with Gasteiger partial charge >= 0.3 is 18.0 Å². The third kappa shape index (κ3) is 4.65. The van der Waals surface area contributed by atoms with Gasteiger partial charge in [0.2, 0.25) is 11.8 Å². The monoisotopic (exact) mass is 411 g/mol. The fourth-order valence-electron chi connectivity index (χ4n) is 2.40. The second-order valence-corrected chi connectivity index (χ2v) is 5.69. The molecule has 0 saturated heterocycles. The lowest BCUT2D eigenvalue weighted by Crippen LogP contribution is -2.24. The summed E-state index contributed by atoms with van der Waals surface area (Å²) in [5, 5.41) is 5.99. The number of hydrogen-bond donors (Lipinski definition) is 1. The summed E-state index contributed by atoms with van der Waals surface area (Å²) < 4.78 is 60.4. The molecule has 1 unspecified atom stereocenters. The summed E-state index contributed by atoms with van der Waals surface area (Å²) >= 11 is 0. The van der Waals surface area contributed by atoms with Crippen LogP contribution in [0.5, 0.6) is 0 Å². The second kappa shape index (κ2) is 8.20. The molecule has 1 atom stereocenters. The summed E-state index contributed by atoms with van der Waals surface area (Å²) in [6, 6.07) is 5.75. The van der Waals surface area contributed by atoms with E-state index in [2.05, 4.69) is 29.9 Å². The van der Waals surface area contributed by atoms with E-state index in [1.54, 1.807) is 6.07 Å². The Morgan fingerprint density at radius 2 is 1.93 bits per heavy atom. The number of rotatable bonds is 6. The predicted molar refractivity (Wildman–Crippen MR) is 90.0 cm³/mol. The lowest BCUT2D eigenvalue weighted by molar-refractivity contribution is -0.159. The number of alkyl halides is 3. The van der Waals surface area contributed by atoms with Crippen molar-refractivity contribution in [2.24, 2.45) is 0 Å². The summed E-state index contributed by atoms with van der Waals surface area (Å²) in [6.07, 6.45) is -2.41. The average Bonchev–Trinajstić information content (AvgIpc) is 3.20. The summed E-state index contributed by atoms with van der Waals surface area (Å²) in [7, 11) is 1.18. The Bertz CT molecular complexity index is 991. The van der Waals surface area contributed by atoms with Crippen molar-refractivity contribution in [3.05, 3.63) is 53.9 Å². The minimum absolute atomic E-state index is 0.0542. The summed E-state index contributed by atoms with van der Waals surface area (Å²) in [4.78, 5) is 23.1.